The predicted octanol–water partition coefficient (Wildman–Crippen LogP) is 6.27. The van der Waals surface area contributed by atoms with Crippen LogP contribution in [0.1, 0.15) is 40.3 Å². The largest absolute Gasteiger partial charge is 0.397 e. The Morgan fingerprint density at radius 1 is 1.11 bits per heavy atom. The summed E-state index contributed by atoms with van der Waals surface area (Å²) >= 11 is 9.96. The molecule has 6 heteroatoms. The molecule has 0 bridgehead atoms. The van der Waals surface area contributed by atoms with Crippen LogP contribution in [-0.2, 0) is 0 Å². The van der Waals surface area contributed by atoms with E-state index in [9.17, 15) is 0 Å². The van der Waals surface area contributed by atoms with E-state index in [1.807, 2.05) is 0 Å². The summed E-state index contributed by atoms with van der Waals surface area (Å²) in [6, 6.07) is 13.1. The lowest BCUT2D eigenvalue weighted by molar-refractivity contribution is 0.256. The molecule has 2 heterocycles. The highest BCUT2D eigenvalue weighted by Crippen LogP contribution is 2.44. The fourth-order valence-electron chi connectivity index (χ4n) is 5.00. The molecular weight excluding hydrogens is 487 g/mol. The molecule has 1 unspecified atom stereocenters. The first-order chi connectivity index (χ1) is 16.8. The predicted molar refractivity (Wildman–Crippen MR) is 159 cm³/mol. The summed E-state index contributed by atoms with van der Waals surface area (Å²) in [5, 5.41) is 0. The fraction of sp³-hybridized carbons (Fsp3) is 0.414. The highest BCUT2D eigenvalue weighted by Gasteiger charge is 2.37. The topological polar surface area (TPSA) is 32.5 Å². The molecule has 3 nitrogen and oxygen atoms in total. The number of aryl methyl sites for hydroxylation is 2. The second kappa shape index (κ2) is 11.5. The minimum Gasteiger partial charge on any atom is -0.397 e. The lowest BCUT2D eigenvalue weighted by Gasteiger charge is -2.32. The molecule has 0 aliphatic carbocycles. The van der Waals surface area contributed by atoms with Crippen LogP contribution in [0.5, 0.6) is 0 Å². The van der Waals surface area contributed by atoms with Gasteiger partial charge in [0.2, 0.25) is 0 Å². The molecule has 4 rings (SSSR count). The molecular formula is C29H37N3S3. The number of hydrogen-bond donors (Lipinski definition) is 1. The Balaban J connectivity index is 1.69. The van der Waals surface area contributed by atoms with Gasteiger partial charge in [0.15, 0.2) is 0 Å². The van der Waals surface area contributed by atoms with Gasteiger partial charge in [0, 0.05) is 41.6 Å². The van der Waals surface area contributed by atoms with E-state index in [1.165, 1.54) is 51.7 Å². The van der Waals surface area contributed by atoms with E-state index in [0.717, 1.165) is 46.9 Å². The number of rotatable bonds is 8. The van der Waals surface area contributed by atoms with E-state index < -0.39 is 0 Å². The van der Waals surface area contributed by atoms with Crippen LogP contribution in [0.2, 0.25) is 0 Å². The van der Waals surface area contributed by atoms with E-state index in [2.05, 4.69) is 91.6 Å². The van der Waals surface area contributed by atoms with Gasteiger partial charge in [0.1, 0.15) is 0 Å². The normalized spacial score (nSPS) is 19.0. The van der Waals surface area contributed by atoms with Crippen molar-refractivity contribution in [2.45, 2.75) is 38.1 Å². The van der Waals surface area contributed by atoms with Gasteiger partial charge in [-0.05, 0) is 68.3 Å². The van der Waals surface area contributed by atoms with Crippen LogP contribution in [0, 0.1) is 20.8 Å². The van der Waals surface area contributed by atoms with Gasteiger partial charge in [-0.3, -0.25) is 0 Å². The van der Waals surface area contributed by atoms with Gasteiger partial charge in [-0.1, -0.05) is 54.7 Å². The van der Waals surface area contributed by atoms with Gasteiger partial charge in [0.25, 0.3) is 0 Å². The van der Waals surface area contributed by atoms with Gasteiger partial charge in [0.05, 0.1) is 22.3 Å². The zero-order valence-corrected chi connectivity index (χ0v) is 23.8. The molecule has 0 spiro atoms. The van der Waals surface area contributed by atoms with E-state index in [0.29, 0.717) is 0 Å². The van der Waals surface area contributed by atoms with Crippen molar-refractivity contribution in [2.24, 2.45) is 5.73 Å². The van der Waals surface area contributed by atoms with Crippen LogP contribution in [-0.4, -0.2) is 58.6 Å². The van der Waals surface area contributed by atoms with Crippen molar-refractivity contribution in [3.8, 4) is 0 Å². The summed E-state index contributed by atoms with van der Waals surface area (Å²) < 4.78 is 0. The molecule has 2 aliphatic heterocycles. The zero-order valence-electron chi connectivity index (χ0n) is 21.4. The second-order valence-electron chi connectivity index (χ2n) is 9.54. The summed E-state index contributed by atoms with van der Waals surface area (Å²) in [6.45, 7) is 15.3. The summed E-state index contributed by atoms with van der Waals surface area (Å²) in [7, 11) is 0. The van der Waals surface area contributed by atoms with Crippen molar-refractivity contribution in [3.63, 3.8) is 0 Å². The van der Waals surface area contributed by atoms with Crippen molar-refractivity contribution in [1.29, 1.82) is 0 Å². The lowest BCUT2D eigenvalue weighted by Crippen LogP contribution is -2.35. The Bertz CT molecular complexity index is 1130. The Labute approximate surface area is 225 Å². The van der Waals surface area contributed by atoms with Crippen molar-refractivity contribution in [1.82, 2.24) is 9.80 Å². The third-order valence-corrected chi connectivity index (χ3v) is 9.51. The molecule has 1 saturated heterocycles. The lowest BCUT2D eigenvalue weighted by atomic mass is 9.91. The minimum atomic E-state index is -0.0154. The Kier molecular flexibility index (Phi) is 8.69. The van der Waals surface area contributed by atoms with Crippen molar-refractivity contribution >= 4 is 40.6 Å². The molecule has 2 aliphatic rings. The van der Waals surface area contributed by atoms with Gasteiger partial charge in [-0.15, -0.1) is 11.8 Å². The Hall–Kier alpha value is -1.73. The first-order valence-corrected chi connectivity index (χ1v) is 15.1. The quantitative estimate of drug-likeness (QED) is 0.249. The van der Waals surface area contributed by atoms with E-state index in [4.69, 9.17) is 18.0 Å². The average Bonchev–Trinajstić information content (AvgIpc) is 3.11. The van der Waals surface area contributed by atoms with Crippen molar-refractivity contribution in [3.05, 3.63) is 87.8 Å². The summed E-state index contributed by atoms with van der Waals surface area (Å²) in [4.78, 5) is 7.12. The maximum absolute atomic E-state index is 6.79. The molecule has 0 radical (unpaired) electrons. The van der Waals surface area contributed by atoms with Gasteiger partial charge in [-0.2, -0.15) is 11.8 Å². The number of thioether (sulfide) groups is 2. The summed E-state index contributed by atoms with van der Waals surface area (Å²) in [5.41, 5.74) is 15.6. The first-order valence-electron chi connectivity index (χ1n) is 12.3. The molecule has 1 atom stereocenters. The first kappa shape index (κ1) is 26.3. The molecule has 186 valence electrons. The number of hydrogen-bond acceptors (Lipinski definition) is 6. The summed E-state index contributed by atoms with van der Waals surface area (Å²) in [5.74, 6) is 2.48. The number of nitrogens with zero attached hydrogens (tertiary/aromatic N) is 2. The monoisotopic (exact) mass is 523 g/mol. The Morgan fingerprint density at radius 2 is 1.80 bits per heavy atom. The van der Waals surface area contributed by atoms with Crippen LogP contribution in [0.15, 0.2) is 64.8 Å². The van der Waals surface area contributed by atoms with Crippen LogP contribution < -0.4 is 5.73 Å². The van der Waals surface area contributed by atoms with Crippen LogP contribution >= 0.6 is 35.7 Å². The molecule has 0 saturated carbocycles. The molecule has 2 aromatic carbocycles. The molecule has 2 aromatic rings. The number of benzene rings is 2. The van der Waals surface area contributed by atoms with Crippen LogP contribution in [0.25, 0.3) is 0 Å². The van der Waals surface area contributed by atoms with Gasteiger partial charge in [-0.25, -0.2) is 0 Å². The highest BCUT2D eigenvalue weighted by atomic mass is 32.2. The third-order valence-electron chi connectivity index (χ3n) is 7.25. The second-order valence-corrected chi connectivity index (χ2v) is 12.0. The zero-order chi connectivity index (χ0) is 25.1. The maximum atomic E-state index is 6.79. The van der Waals surface area contributed by atoms with Crippen molar-refractivity contribution in [2.75, 3.05) is 43.9 Å². The molecule has 0 aromatic heterocycles. The Morgan fingerprint density at radius 3 is 2.46 bits per heavy atom. The number of nitrogens with two attached hydrogens (primary N) is 1. The molecule has 1 fully saturated rings. The smallest absolute Gasteiger partial charge is 0.0832 e. The third kappa shape index (κ3) is 5.66. The van der Waals surface area contributed by atoms with Crippen molar-refractivity contribution < 1.29 is 0 Å². The fourth-order valence-corrected chi connectivity index (χ4v) is 7.06. The molecule has 0 amide bonds. The average molecular weight is 524 g/mol. The minimum absolute atomic E-state index is 0.0154. The van der Waals surface area contributed by atoms with Gasteiger partial charge >= 0.3 is 0 Å². The van der Waals surface area contributed by atoms with E-state index >= 15 is 0 Å². The standard InChI is InChI=1S/C29H37N3S3/c1-19-7-9-23(10-8-19)29(33)26-27(30)22(4)32(12-6-11-31-13-15-35-16-14-31)28(26)24-17-20(2)21(3)25(18-24)34-5/h7-10,17-18,28H,4,6,11-16,30H2,1-3,5H3. The van der Waals surface area contributed by atoms with E-state index in [1.54, 1.807) is 11.8 Å². The molecule has 35 heavy (non-hydrogen) atoms. The maximum Gasteiger partial charge on any atom is 0.0832 e. The number of thiocarbonyl (C=S) groups is 1. The van der Waals surface area contributed by atoms with Crippen LogP contribution in [0.4, 0.5) is 0 Å². The highest BCUT2D eigenvalue weighted by molar-refractivity contribution is 7.99. The van der Waals surface area contributed by atoms with E-state index in [-0.39, 0.29) is 6.04 Å². The molecule has 2 N–H and O–H groups in total. The van der Waals surface area contributed by atoms with Gasteiger partial charge < -0.3 is 15.5 Å². The summed E-state index contributed by atoms with van der Waals surface area (Å²) in [6.07, 6.45) is 3.23. The SMILES string of the molecule is C=C1C(N)=C(C(=S)c2ccc(C)cc2)C(c2cc(C)c(C)c(SC)c2)N1CCCN1CCSCC1. The van der Waals surface area contributed by atoms with Crippen LogP contribution in [0.3, 0.4) is 0 Å².